The number of nitrogens with one attached hydrogen (secondary N) is 1. The standard InChI is InChI=1S/C30H19FN2/c31-25-9-3-6-12-30(25)33-28-11-5-2-8-22(28)24-18-20(14-16-29(24)33)19-13-15-27-23(17-19)21-7-1-4-10-26(21)32-27/h1-18,32H. The first-order valence-electron chi connectivity index (χ1n) is 11.1. The Labute approximate surface area is 189 Å². The molecule has 3 heteroatoms. The van der Waals surface area contributed by atoms with Crippen LogP contribution in [0.25, 0.3) is 60.4 Å². The van der Waals surface area contributed by atoms with E-state index in [0.717, 1.165) is 44.0 Å². The minimum absolute atomic E-state index is 0.228. The maximum Gasteiger partial charge on any atom is 0.147 e. The van der Waals surface area contributed by atoms with Gasteiger partial charge in [0, 0.05) is 32.6 Å². The molecular formula is C30H19FN2. The highest BCUT2D eigenvalue weighted by Crippen LogP contribution is 2.36. The van der Waals surface area contributed by atoms with E-state index in [1.807, 2.05) is 28.8 Å². The van der Waals surface area contributed by atoms with Crippen LogP contribution in [0.15, 0.2) is 109 Å². The van der Waals surface area contributed by atoms with Crippen LogP contribution in [0.3, 0.4) is 0 Å². The summed E-state index contributed by atoms with van der Waals surface area (Å²) in [6.45, 7) is 0. The van der Waals surface area contributed by atoms with Crippen LogP contribution in [0.4, 0.5) is 4.39 Å². The number of fused-ring (bicyclic) bond motifs is 6. The third-order valence-corrected chi connectivity index (χ3v) is 6.61. The molecule has 0 aliphatic rings. The molecule has 0 atom stereocenters. The van der Waals surface area contributed by atoms with Crippen LogP contribution >= 0.6 is 0 Å². The highest BCUT2D eigenvalue weighted by Gasteiger charge is 2.15. The van der Waals surface area contributed by atoms with E-state index < -0.39 is 0 Å². The third kappa shape index (κ3) is 2.66. The average molecular weight is 426 g/mol. The topological polar surface area (TPSA) is 20.7 Å². The minimum atomic E-state index is -0.228. The molecule has 7 rings (SSSR count). The van der Waals surface area contributed by atoms with Crippen LogP contribution in [0.1, 0.15) is 0 Å². The van der Waals surface area contributed by atoms with Crippen molar-refractivity contribution in [1.82, 2.24) is 9.55 Å². The molecule has 0 saturated carbocycles. The second-order valence-electron chi connectivity index (χ2n) is 8.47. The molecule has 0 aliphatic heterocycles. The Morgan fingerprint density at radius 3 is 2.03 bits per heavy atom. The van der Waals surface area contributed by atoms with Gasteiger partial charge >= 0.3 is 0 Å². The van der Waals surface area contributed by atoms with Crippen molar-refractivity contribution >= 4 is 43.6 Å². The van der Waals surface area contributed by atoms with Gasteiger partial charge in [-0.25, -0.2) is 4.39 Å². The first kappa shape index (κ1) is 18.2. The van der Waals surface area contributed by atoms with Crippen molar-refractivity contribution in [3.8, 4) is 16.8 Å². The molecule has 0 spiro atoms. The number of rotatable bonds is 2. The zero-order chi connectivity index (χ0) is 21.9. The fourth-order valence-corrected chi connectivity index (χ4v) is 5.07. The smallest absolute Gasteiger partial charge is 0.147 e. The summed E-state index contributed by atoms with van der Waals surface area (Å²) in [6.07, 6.45) is 0. The van der Waals surface area contributed by atoms with Crippen molar-refractivity contribution in [3.05, 3.63) is 115 Å². The number of hydrogen-bond acceptors (Lipinski definition) is 0. The summed E-state index contributed by atoms with van der Waals surface area (Å²) in [5, 5.41) is 4.68. The van der Waals surface area contributed by atoms with Crippen LogP contribution in [-0.2, 0) is 0 Å². The largest absolute Gasteiger partial charge is 0.355 e. The van der Waals surface area contributed by atoms with Crippen molar-refractivity contribution in [2.24, 2.45) is 0 Å². The number of hydrogen-bond donors (Lipinski definition) is 1. The van der Waals surface area contributed by atoms with E-state index in [2.05, 4.69) is 77.8 Å². The Kier molecular flexibility index (Phi) is 3.76. The van der Waals surface area contributed by atoms with Crippen LogP contribution in [0.5, 0.6) is 0 Å². The van der Waals surface area contributed by atoms with Crippen molar-refractivity contribution in [2.75, 3.05) is 0 Å². The zero-order valence-electron chi connectivity index (χ0n) is 17.7. The second kappa shape index (κ2) is 6.81. The molecule has 2 nitrogen and oxygen atoms in total. The second-order valence-corrected chi connectivity index (χ2v) is 8.47. The lowest BCUT2D eigenvalue weighted by Gasteiger charge is -2.09. The van der Waals surface area contributed by atoms with E-state index >= 15 is 0 Å². The molecule has 0 fully saturated rings. The molecule has 0 amide bonds. The van der Waals surface area contributed by atoms with Gasteiger partial charge in [0.05, 0.1) is 16.7 Å². The maximum atomic E-state index is 14.8. The first-order chi connectivity index (χ1) is 16.3. The molecule has 0 aliphatic carbocycles. The summed E-state index contributed by atoms with van der Waals surface area (Å²) in [6, 6.07) is 36.6. The Hall–Kier alpha value is -4.37. The molecule has 0 saturated heterocycles. The molecule has 2 aromatic heterocycles. The number of para-hydroxylation sites is 3. The average Bonchev–Trinajstić information content (AvgIpc) is 3.39. The molecule has 0 unspecified atom stereocenters. The molecule has 0 bridgehead atoms. The van der Waals surface area contributed by atoms with Crippen molar-refractivity contribution in [1.29, 1.82) is 0 Å². The van der Waals surface area contributed by atoms with E-state index in [-0.39, 0.29) is 5.82 Å². The fourth-order valence-electron chi connectivity index (χ4n) is 5.07. The van der Waals surface area contributed by atoms with Gasteiger partial charge in [-0.3, -0.25) is 0 Å². The van der Waals surface area contributed by atoms with Gasteiger partial charge in [-0.05, 0) is 59.7 Å². The summed E-state index contributed by atoms with van der Waals surface area (Å²) in [4.78, 5) is 3.50. The zero-order valence-corrected chi connectivity index (χ0v) is 17.7. The number of H-pyrrole nitrogens is 1. The van der Waals surface area contributed by atoms with Crippen molar-refractivity contribution in [3.63, 3.8) is 0 Å². The number of nitrogens with zero attached hydrogens (tertiary/aromatic N) is 1. The van der Waals surface area contributed by atoms with Crippen LogP contribution in [0, 0.1) is 5.82 Å². The molecule has 5 aromatic carbocycles. The summed E-state index contributed by atoms with van der Waals surface area (Å²) in [7, 11) is 0. The number of aromatic amines is 1. The SMILES string of the molecule is Fc1ccccc1-n1c2ccccc2c2cc(-c3ccc4[nH]c5ccccc5c4c3)ccc21. The Morgan fingerprint density at radius 2 is 1.15 bits per heavy atom. The number of benzene rings is 5. The van der Waals surface area contributed by atoms with E-state index in [1.54, 1.807) is 6.07 Å². The highest BCUT2D eigenvalue weighted by molar-refractivity contribution is 6.11. The van der Waals surface area contributed by atoms with Crippen molar-refractivity contribution < 1.29 is 4.39 Å². The number of aromatic nitrogens is 2. The Balaban J connectivity index is 1.49. The Morgan fingerprint density at radius 1 is 0.515 bits per heavy atom. The molecule has 0 radical (unpaired) electrons. The third-order valence-electron chi connectivity index (χ3n) is 6.61. The summed E-state index contributed by atoms with van der Waals surface area (Å²) in [5.41, 5.74) is 7.16. The summed E-state index contributed by atoms with van der Waals surface area (Å²) in [5.74, 6) is -0.228. The lowest BCUT2D eigenvalue weighted by Crippen LogP contribution is -1.96. The summed E-state index contributed by atoms with van der Waals surface area (Å²) >= 11 is 0. The predicted molar refractivity (Wildman–Crippen MR) is 136 cm³/mol. The Bertz CT molecular complexity index is 1840. The lowest BCUT2D eigenvalue weighted by atomic mass is 10.0. The molecule has 33 heavy (non-hydrogen) atoms. The monoisotopic (exact) mass is 426 g/mol. The minimum Gasteiger partial charge on any atom is -0.355 e. The van der Waals surface area contributed by atoms with Gasteiger partial charge in [0.15, 0.2) is 0 Å². The molecule has 2 heterocycles. The van der Waals surface area contributed by atoms with E-state index in [4.69, 9.17) is 0 Å². The molecule has 7 aromatic rings. The predicted octanol–water partition coefficient (Wildman–Crippen LogP) is 8.22. The highest BCUT2D eigenvalue weighted by atomic mass is 19.1. The quantitative estimate of drug-likeness (QED) is 0.287. The molecule has 156 valence electrons. The van der Waals surface area contributed by atoms with E-state index in [9.17, 15) is 4.39 Å². The fraction of sp³-hybridized carbons (Fsp3) is 0. The van der Waals surface area contributed by atoms with Gasteiger partial charge < -0.3 is 9.55 Å². The van der Waals surface area contributed by atoms with Crippen molar-refractivity contribution in [2.45, 2.75) is 0 Å². The normalized spacial score (nSPS) is 11.8. The van der Waals surface area contributed by atoms with Gasteiger partial charge in [-0.1, -0.05) is 60.7 Å². The number of halogens is 1. The summed E-state index contributed by atoms with van der Waals surface area (Å²) < 4.78 is 16.8. The van der Waals surface area contributed by atoms with E-state index in [1.165, 1.54) is 16.8 Å². The lowest BCUT2D eigenvalue weighted by molar-refractivity contribution is 0.621. The van der Waals surface area contributed by atoms with Gasteiger partial charge in [0.25, 0.3) is 0 Å². The van der Waals surface area contributed by atoms with Gasteiger partial charge in [-0.15, -0.1) is 0 Å². The maximum absolute atomic E-state index is 14.8. The van der Waals surface area contributed by atoms with E-state index in [0.29, 0.717) is 5.69 Å². The van der Waals surface area contributed by atoms with Crippen LogP contribution in [-0.4, -0.2) is 9.55 Å². The first-order valence-corrected chi connectivity index (χ1v) is 11.1. The molecular weight excluding hydrogens is 407 g/mol. The van der Waals surface area contributed by atoms with Crippen LogP contribution < -0.4 is 0 Å². The molecule has 1 N–H and O–H groups in total. The van der Waals surface area contributed by atoms with Gasteiger partial charge in [0.2, 0.25) is 0 Å². The van der Waals surface area contributed by atoms with Crippen LogP contribution in [0.2, 0.25) is 0 Å². The van der Waals surface area contributed by atoms with Gasteiger partial charge in [-0.2, -0.15) is 0 Å². The van der Waals surface area contributed by atoms with Gasteiger partial charge in [0.1, 0.15) is 5.82 Å².